The van der Waals surface area contributed by atoms with E-state index in [2.05, 4.69) is 28.2 Å². The Morgan fingerprint density at radius 3 is 2.09 bits per heavy atom. The van der Waals surface area contributed by atoms with Crippen LogP contribution in [0.1, 0.15) is 16.7 Å². The van der Waals surface area contributed by atoms with Gasteiger partial charge >= 0.3 is 0 Å². The molecule has 106 valence electrons. The van der Waals surface area contributed by atoms with Crippen molar-refractivity contribution in [3.05, 3.63) is 102 Å². The Morgan fingerprint density at radius 2 is 1.45 bits per heavy atom. The molecule has 3 rings (SSSR count). The summed E-state index contributed by atoms with van der Waals surface area (Å²) in [5.74, 6) is 0. The molecule has 0 amide bonds. The van der Waals surface area contributed by atoms with Gasteiger partial charge in [0.05, 0.1) is 5.70 Å². The summed E-state index contributed by atoms with van der Waals surface area (Å²) in [6.07, 6.45) is 7.54. The number of hydrogen-bond acceptors (Lipinski definition) is 2. The molecule has 0 N–H and O–H groups in total. The molecule has 1 aromatic heterocycles. The molecule has 0 saturated heterocycles. The molecule has 0 aliphatic heterocycles. The lowest BCUT2D eigenvalue weighted by Gasteiger charge is -2.02. The zero-order chi connectivity index (χ0) is 15.0. The highest BCUT2D eigenvalue weighted by molar-refractivity contribution is 5.89. The molecule has 0 atom stereocenters. The van der Waals surface area contributed by atoms with Crippen molar-refractivity contribution in [2.24, 2.45) is 4.99 Å². The van der Waals surface area contributed by atoms with Gasteiger partial charge < -0.3 is 0 Å². The van der Waals surface area contributed by atoms with Crippen LogP contribution in [0.3, 0.4) is 0 Å². The molecule has 2 aromatic carbocycles. The van der Waals surface area contributed by atoms with Crippen LogP contribution in [-0.4, -0.2) is 11.2 Å². The highest BCUT2D eigenvalue weighted by atomic mass is 14.7. The smallest absolute Gasteiger partial charge is 0.0723 e. The maximum Gasteiger partial charge on any atom is 0.0723 e. The third kappa shape index (κ3) is 3.76. The summed E-state index contributed by atoms with van der Waals surface area (Å²) >= 11 is 0. The van der Waals surface area contributed by atoms with E-state index in [1.165, 1.54) is 0 Å². The average molecular weight is 284 g/mol. The Morgan fingerprint density at radius 1 is 0.773 bits per heavy atom. The third-order valence-corrected chi connectivity index (χ3v) is 3.21. The second kappa shape index (κ2) is 7.14. The van der Waals surface area contributed by atoms with Gasteiger partial charge in [-0.1, -0.05) is 60.7 Å². The van der Waals surface area contributed by atoms with E-state index < -0.39 is 0 Å². The Labute approximate surface area is 130 Å². The molecule has 0 bridgehead atoms. The van der Waals surface area contributed by atoms with Crippen LogP contribution in [0.2, 0.25) is 0 Å². The molecule has 0 unspecified atom stereocenters. The fraction of sp³-hybridized carbons (Fsp3) is 0. The first-order valence-electron chi connectivity index (χ1n) is 7.18. The van der Waals surface area contributed by atoms with Gasteiger partial charge in [0.15, 0.2) is 0 Å². The summed E-state index contributed by atoms with van der Waals surface area (Å²) < 4.78 is 0. The van der Waals surface area contributed by atoms with E-state index in [1.54, 1.807) is 6.20 Å². The molecule has 2 nitrogen and oxygen atoms in total. The van der Waals surface area contributed by atoms with Crippen LogP contribution in [0.15, 0.2) is 90.2 Å². The molecule has 0 aliphatic carbocycles. The highest BCUT2D eigenvalue weighted by Gasteiger charge is 2.00. The Bertz CT molecular complexity index is 761. The standard InChI is InChI=1S/C20H16N2/c1-3-8-17(9-4-1)14-20(19-12-7-13-21-16-19)22-15-18-10-5-2-6-11-18/h1-16H/b20-14-,22-15?. The van der Waals surface area contributed by atoms with Gasteiger partial charge in [-0.05, 0) is 29.3 Å². The van der Waals surface area contributed by atoms with Gasteiger partial charge in [0.2, 0.25) is 0 Å². The number of aliphatic imine (C=N–C) groups is 1. The Kier molecular flexibility index (Phi) is 4.53. The van der Waals surface area contributed by atoms with Crippen molar-refractivity contribution < 1.29 is 0 Å². The molecule has 22 heavy (non-hydrogen) atoms. The summed E-state index contributed by atoms with van der Waals surface area (Å²) in [4.78, 5) is 8.84. The van der Waals surface area contributed by atoms with Crippen molar-refractivity contribution in [2.75, 3.05) is 0 Å². The zero-order valence-corrected chi connectivity index (χ0v) is 12.1. The number of nitrogens with zero attached hydrogens (tertiary/aromatic N) is 2. The fourth-order valence-electron chi connectivity index (χ4n) is 2.10. The number of rotatable bonds is 4. The van der Waals surface area contributed by atoms with E-state index in [0.717, 1.165) is 22.4 Å². The SMILES string of the molecule is C(=N/C(=C\c1ccccc1)c1cccnc1)c1ccccc1. The maximum atomic E-state index is 4.66. The van der Waals surface area contributed by atoms with Crippen LogP contribution in [0, 0.1) is 0 Å². The normalized spacial score (nSPS) is 11.7. The minimum atomic E-state index is 0.892. The number of pyridine rings is 1. The predicted molar refractivity (Wildman–Crippen MR) is 92.6 cm³/mol. The van der Waals surface area contributed by atoms with Crippen LogP contribution >= 0.6 is 0 Å². The predicted octanol–water partition coefficient (Wildman–Crippen LogP) is 4.70. The molecule has 2 heteroatoms. The molecular weight excluding hydrogens is 268 g/mol. The third-order valence-electron chi connectivity index (χ3n) is 3.21. The van der Waals surface area contributed by atoms with Gasteiger partial charge in [-0.3, -0.25) is 9.98 Å². The van der Waals surface area contributed by atoms with Gasteiger partial charge in [0.1, 0.15) is 0 Å². The number of aromatic nitrogens is 1. The topological polar surface area (TPSA) is 25.2 Å². The van der Waals surface area contributed by atoms with Crippen molar-refractivity contribution in [3.8, 4) is 0 Å². The first-order valence-corrected chi connectivity index (χ1v) is 7.18. The van der Waals surface area contributed by atoms with E-state index in [1.807, 2.05) is 73.1 Å². The van der Waals surface area contributed by atoms with Gasteiger partial charge in [0, 0.05) is 24.2 Å². The van der Waals surface area contributed by atoms with E-state index in [0.29, 0.717) is 0 Å². The van der Waals surface area contributed by atoms with E-state index in [9.17, 15) is 0 Å². The van der Waals surface area contributed by atoms with E-state index in [4.69, 9.17) is 0 Å². The van der Waals surface area contributed by atoms with Gasteiger partial charge in [-0.2, -0.15) is 0 Å². The lowest BCUT2D eigenvalue weighted by atomic mass is 10.1. The maximum absolute atomic E-state index is 4.66. The lowest BCUT2D eigenvalue weighted by Crippen LogP contribution is -1.86. The van der Waals surface area contributed by atoms with Crippen molar-refractivity contribution in [1.82, 2.24) is 4.98 Å². The summed E-state index contributed by atoms with van der Waals surface area (Å²) in [5.41, 5.74) is 4.08. The molecule has 0 aliphatic rings. The van der Waals surface area contributed by atoms with Crippen LogP contribution < -0.4 is 0 Å². The van der Waals surface area contributed by atoms with Crippen LogP contribution in [-0.2, 0) is 0 Å². The molecule has 0 fully saturated rings. The first kappa shape index (κ1) is 14.0. The summed E-state index contributed by atoms with van der Waals surface area (Å²) in [7, 11) is 0. The number of hydrogen-bond donors (Lipinski definition) is 0. The van der Waals surface area contributed by atoms with Gasteiger partial charge in [-0.15, -0.1) is 0 Å². The largest absolute Gasteiger partial charge is 0.264 e. The van der Waals surface area contributed by atoms with Crippen LogP contribution in [0.4, 0.5) is 0 Å². The fourth-order valence-corrected chi connectivity index (χ4v) is 2.10. The van der Waals surface area contributed by atoms with Crippen LogP contribution in [0.25, 0.3) is 11.8 Å². The first-order chi connectivity index (χ1) is 10.9. The highest BCUT2D eigenvalue weighted by Crippen LogP contribution is 2.18. The van der Waals surface area contributed by atoms with Gasteiger partial charge in [0.25, 0.3) is 0 Å². The number of benzene rings is 2. The minimum absolute atomic E-state index is 0.892. The molecule has 0 spiro atoms. The Hall–Kier alpha value is -3.00. The van der Waals surface area contributed by atoms with Crippen molar-refractivity contribution in [1.29, 1.82) is 0 Å². The monoisotopic (exact) mass is 284 g/mol. The summed E-state index contributed by atoms with van der Waals surface area (Å²) in [6.45, 7) is 0. The summed E-state index contributed by atoms with van der Waals surface area (Å²) in [5, 5.41) is 0. The molecular formula is C20H16N2. The van der Waals surface area contributed by atoms with Crippen molar-refractivity contribution >= 4 is 18.0 Å². The second-order valence-electron chi connectivity index (χ2n) is 4.85. The Balaban J connectivity index is 1.97. The summed E-state index contributed by atoms with van der Waals surface area (Å²) in [6, 6.07) is 24.2. The van der Waals surface area contributed by atoms with Crippen LogP contribution in [0.5, 0.6) is 0 Å². The average Bonchev–Trinajstić information content (AvgIpc) is 2.61. The molecule has 0 radical (unpaired) electrons. The van der Waals surface area contributed by atoms with E-state index in [-0.39, 0.29) is 0 Å². The second-order valence-corrected chi connectivity index (χ2v) is 4.85. The zero-order valence-electron chi connectivity index (χ0n) is 12.1. The van der Waals surface area contributed by atoms with Crippen molar-refractivity contribution in [2.45, 2.75) is 0 Å². The molecule has 0 saturated carbocycles. The minimum Gasteiger partial charge on any atom is -0.264 e. The molecule has 3 aromatic rings. The van der Waals surface area contributed by atoms with Gasteiger partial charge in [-0.25, -0.2) is 0 Å². The quantitative estimate of drug-likeness (QED) is 0.637. The molecule has 1 heterocycles. The lowest BCUT2D eigenvalue weighted by molar-refractivity contribution is 1.30. The van der Waals surface area contributed by atoms with Crippen molar-refractivity contribution in [3.63, 3.8) is 0 Å². The van der Waals surface area contributed by atoms with E-state index >= 15 is 0 Å².